The summed E-state index contributed by atoms with van der Waals surface area (Å²) in [7, 11) is 0. The van der Waals surface area contributed by atoms with Crippen molar-refractivity contribution >= 4 is 16.5 Å². The molecule has 0 spiro atoms. The first-order chi connectivity index (χ1) is 23.7. The van der Waals surface area contributed by atoms with Crippen LogP contribution in [0.5, 0.6) is 0 Å². The van der Waals surface area contributed by atoms with Gasteiger partial charge in [0.1, 0.15) is 0 Å². The normalized spacial score (nSPS) is 10.9. The second-order valence-electron chi connectivity index (χ2n) is 11.6. The topological polar surface area (TPSA) is 43.0 Å². The van der Waals surface area contributed by atoms with E-state index in [0.717, 1.165) is 44.5 Å². The highest BCUT2D eigenvalue weighted by atomic mass is 15.0. The van der Waals surface area contributed by atoms with Crippen molar-refractivity contribution in [2.45, 2.75) is 0 Å². The molecule has 0 saturated carbocycles. The van der Waals surface area contributed by atoms with Gasteiger partial charge >= 0.3 is 0 Å². The molecule has 224 valence electrons. The van der Waals surface area contributed by atoms with Gasteiger partial charge in [0.25, 0.3) is 0 Å². The average Bonchev–Trinajstić information content (AvgIpc) is 3.18. The van der Waals surface area contributed by atoms with Gasteiger partial charge in [0, 0.05) is 16.7 Å². The molecule has 0 saturated heterocycles. The number of rotatable bonds is 6. The Morgan fingerprint density at radius 3 is 1.40 bits per heavy atom. The third-order valence-corrected chi connectivity index (χ3v) is 8.56. The van der Waals surface area contributed by atoms with Gasteiger partial charge in [-0.1, -0.05) is 158 Å². The van der Waals surface area contributed by atoms with Gasteiger partial charge in [0.15, 0.2) is 23.2 Å². The van der Waals surface area contributed by atoms with Crippen molar-refractivity contribution in [2.75, 3.05) is 0 Å². The van der Waals surface area contributed by atoms with E-state index in [1.54, 1.807) is 0 Å². The molecule has 0 amide bonds. The van der Waals surface area contributed by atoms with Crippen LogP contribution in [0.2, 0.25) is 0 Å². The minimum absolute atomic E-state index is 0.638. The van der Waals surface area contributed by atoms with E-state index in [2.05, 4.69) is 89.8 Å². The molecule has 7 aromatic carbocycles. The molecule has 8 aromatic rings. The first-order valence-corrected chi connectivity index (χ1v) is 15.8. The van der Waals surface area contributed by atoms with E-state index in [-0.39, 0.29) is 0 Å². The number of nitrogens with zero attached hydrogens (tertiary/aromatic N) is 4. The Morgan fingerprint density at radius 1 is 0.354 bits per heavy atom. The van der Waals surface area contributed by atoms with Crippen LogP contribution in [0, 0.1) is 6.57 Å². The minimum atomic E-state index is 0.638. The Morgan fingerprint density at radius 2 is 0.812 bits per heavy atom. The molecule has 48 heavy (non-hydrogen) atoms. The summed E-state index contributed by atoms with van der Waals surface area (Å²) in [6.07, 6.45) is 0. The smallest absolute Gasteiger partial charge is 0.187 e. The molecular weight excluding hydrogens is 585 g/mol. The molecule has 0 bridgehead atoms. The molecule has 4 heteroatoms. The second-order valence-corrected chi connectivity index (χ2v) is 11.6. The van der Waals surface area contributed by atoms with Crippen molar-refractivity contribution in [1.29, 1.82) is 0 Å². The van der Waals surface area contributed by atoms with Gasteiger partial charge in [-0.3, -0.25) is 0 Å². The third kappa shape index (κ3) is 5.73. The maximum atomic E-state index is 7.35. The fraction of sp³-hybridized carbons (Fsp3) is 0. The van der Waals surface area contributed by atoms with Crippen molar-refractivity contribution in [2.24, 2.45) is 0 Å². The van der Waals surface area contributed by atoms with E-state index in [9.17, 15) is 0 Å². The highest BCUT2D eigenvalue weighted by molar-refractivity contribution is 5.99. The van der Waals surface area contributed by atoms with Crippen LogP contribution in [0.4, 0.5) is 5.69 Å². The minimum Gasteiger partial charge on any atom is -0.238 e. The summed E-state index contributed by atoms with van der Waals surface area (Å²) in [6.45, 7) is 7.35. The molecule has 0 aliphatic heterocycles. The summed E-state index contributed by atoms with van der Waals surface area (Å²) >= 11 is 0. The van der Waals surface area contributed by atoms with E-state index in [0.29, 0.717) is 23.2 Å². The van der Waals surface area contributed by atoms with Gasteiger partial charge in [0.2, 0.25) is 0 Å². The van der Waals surface area contributed by atoms with Gasteiger partial charge in [0.05, 0.1) is 6.57 Å². The first kappa shape index (κ1) is 28.8. The van der Waals surface area contributed by atoms with Crippen molar-refractivity contribution in [3.63, 3.8) is 0 Å². The number of hydrogen-bond acceptors (Lipinski definition) is 3. The predicted octanol–water partition coefficient (Wildman–Crippen LogP) is 11.6. The van der Waals surface area contributed by atoms with E-state index >= 15 is 0 Å². The summed E-state index contributed by atoms with van der Waals surface area (Å²) in [5, 5.41) is 2.38. The lowest BCUT2D eigenvalue weighted by Gasteiger charge is -2.11. The fourth-order valence-electron chi connectivity index (χ4n) is 6.05. The van der Waals surface area contributed by atoms with Crippen LogP contribution in [0.25, 0.3) is 83.2 Å². The lowest BCUT2D eigenvalue weighted by atomic mass is 9.93. The van der Waals surface area contributed by atoms with Crippen LogP contribution in [0.3, 0.4) is 0 Å². The predicted molar refractivity (Wildman–Crippen MR) is 196 cm³/mol. The van der Waals surface area contributed by atoms with Crippen molar-refractivity contribution in [3.8, 4) is 67.5 Å². The first-order valence-electron chi connectivity index (χ1n) is 15.8. The van der Waals surface area contributed by atoms with Crippen LogP contribution in [0.15, 0.2) is 170 Å². The molecule has 0 aliphatic rings. The maximum Gasteiger partial charge on any atom is 0.187 e. The van der Waals surface area contributed by atoms with Crippen LogP contribution < -0.4 is 0 Å². The zero-order valence-electron chi connectivity index (χ0n) is 26.0. The molecule has 4 nitrogen and oxygen atoms in total. The maximum absolute atomic E-state index is 7.35. The SMILES string of the molecule is [C-]#[N+]c1cccc(-c2ccc(-c3cccc4ccc(-c5ccc(-c6nc(-c7ccccc7)nc(-c7ccccc7)n6)cc5)cc34)cc2)c1. The Bertz CT molecular complexity index is 2370. The number of fused-ring (bicyclic) bond motifs is 1. The van der Waals surface area contributed by atoms with E-state index in [1.165, 1.54) is 16.3 Å². The molecule has 1 aromatic heterocycles. The molecule has 0 radical (unpaired) electrons. The lowest BCUT2D eigenvalue weighted by Crippen LogP contribution is -2.00. The van der Waals surface area contributed by atoms with Gasteiger partial charge in [-0.2, -0.15) is 0 Å². The van der Waals surface area contributed by atoms with Crippen LogP contribution >= 0.6 is 0 Å². The number of hydrogen-bond donors (Lipinski definition) is 0. The largest absolute Gasteiger partial charge is 0.238 e. The molecule has 0 unspecified atom stereocenters. The monoisotopic (exact) mass is 612 g/mol. The van der Waals surface area contributed by atoms with Gasteiger partial charge in [-0.05, 0) is 56.3 Å². The molecule has 0 N–H and O–H groups in total. The van der Waals surface area contributed by atoms with E-state index < -0.39 is 0 Å². The van der Waals surface area contributed by atoms with E-state index in [1.807, 2.05) is 84.9 Å². The molecular formula is C44H28N4. The Hall–Kier alpha value is -6.70. The molecule has 8 rings (SSSR count). The van der Waals surface area contributed by atoms with Crippen LogP contribution in [0.1, 0.15) is 0 Å². The van der Waals surface area contributed by atoms with Gasteiger partial charge < -0.3 is 0 Å². The van der Waals surface area contributed by atoms with E-state index in [4.69, 9.17) is 21.5 Å². The highest BCUT2D eigenvalue weighted by Crippen LogP contribution is 2.35. The molecule has 0 fully saturated rings. The zero-order chi connectivity index (χ0) is 32.3. The third-order valence-electron chi connectivity index (χ3n) is 8.56. The quantitative estimate of drug-likeness (QED) is 0.175. The highest BCUT2D eigenvalue weighted by Gasteiger charge is 2.13. The number of aromatic nitrogens is 3. The molecule has 0 atom stereocenters. The second kappa shape index (κ2) is 12.6. The summed E-state index contributed by atoms with van der Waals surface area (Å²) in [5.41, 5.74) is 10.2. The summed E-state index contributed by atoms with van der Waals surface area (Å²) in [5.74, 6) is 1.94. The Balaban J connectivity index is 1.13. The zero-order valence-corrected chi connectivity index (χ0v) is 26.0. The van der Waals surface area contributed by atoms with Gasteiger partial charge in [-0.25, -0.2) is 19.8 Å². The molecule has 0 aliphatic carbocycles. The lowest BCUT2D eigenvalue weighted by molar-refractivity contribution is 1.07. The van der Waals surface area contributed by atoms with Crippen LogP contribution in [-0.4, -0.2) is 15.0 Å². The average molecular weight is 613 g/mol. The Labute approximate surface area is 279 Å². The summed E-state index contributed by atoms with van der Waals surface area (Å²) in [6, 6.07) is 58.0. The van der Waals surface area contributed by atoms with Crippen molar-refractivity contribution < 1.29 is 0 Å². The van der Waals surface area contributed by atoms with Crippen molar-refractivity contribution in [1.82, 2.24) is 15.0 Å². The van der Waals surface area contributed by atoms with Crippen molar-refractivity contribution in [3.05, 3.63) is 181 Å². The Kier molecular flexibility index (Phi) is 7.54. The fourth-order valence-corrected chi connectivity index (χ4v) is 6.05. The number of benzene rings is 7. The summed E-state index contributed by atoms with van der Waals surface area (Å²) in [4.78, 5) is 18.2. The summed E-state index contributed by atoms with van der Waals surface area (Å²) < 4.78 is 0. The van der Waals surface area contributed by atoms with Crippen LogP contribution in [-0.2, 0) is 0 Å². The standard InChI is InChI=1S/C44H28N4/c1-45-39-16-8-15-37(28-39)30-18-22-33(23-19-30)40-17-9-14-32-24-27-38(29-41(32)40)31-20-25-36(26-21-31)44-47-42(34-10-4-2-5-11-34)46-43(48-44)35-12-6-3-7-13-35/h2-29H. The molecule has 1 heterocycles. The van der Waals surface area contributed by atoms with Gasteiger partial charge in [-0.15, -0.1) is 0 Å².